The van der Waals surface area contributed by atoms with Gasteiger partial charge in [0.1, 0.15) is 11.7 Å². The van der Waals surface area contributed by atoms with Gasteiger partial charge in [0.15, 0.2) is 0 Å². The molecule has 1 aromatic heterocycles. The van der Waals surface area contributed by atoms with Gasteiger partial charge in [0.2, 0.25) is 0 Å². The molecule has 3 N–H and O–H groups in total. The molecule has 0 aromatic carbocycles. The second-order valence-electron chi connectivity index (χ2n) is 5.76. The quantitative estimate of drug-likeness (QED) is 0.646. The molecule has 1 aliphatic heterocycles. The van der Waals surface area contributed by atoms with E-state index in [-0.39, 0.29) is 5.84 Å². The third-order valence-electron chi connectivity index (χ3n) is 4.59. The summed E-state index contributed by atoms with van der Waals surface area (Å²) in [4.78, 5) is 6.95. The van der Waals surface area contributed by atoms with Crippen LogP contribution in [0.25, 0.3) is 0 Å². The standard InChI is InChI=1S/C15H22N4/c16-15(17)12-7-8-18-14(10-12)19-9-3-6-13(19)11-4-1-2-5-11/h7-8,10-11,13H,1-6,9H2,(H3,16,17). The van der Waals surface area contributed by atoms with Gasteiger partial charge >= 0.3 is 0 Å². The number of nitrogens with zero attached hydrogens (tertiary/aromatic N) is 2. The predicted octanol–water partition coefficient (Wildman–Crippen LogP) is 2.52. The zero-order valence-corrected chi connectivity index (χ0v) is 11.3. The second kappa shape index (κ2) is 5.19. The van der Waals surface area contributed by atoms with Crippen molar-refractivity contribution < 1.29 is 0 Å². The van der Waals surface area contributed by atoms with Crippen molar-refractivity contribution in [2.45, 2.75) is 44.6 Å². The summed E-state index contributed by atoms with van der Waals surface area (Å²) in [5, 5.41) is 7.55. The first-order valence-corrected chi connectivity index (χ1v) is 7.33. The minimum absolute atomic E-state index is 0.125. The van der Waals surface area contributed by atoms with E-state index in [4.69, 9.17) is 11.1 Å². The molecule has 2 aliphatic rings. The molecule has 19 heavy (non-hydrogen) atoms. The zero-order chi connectivity index (χ0) is 13.2. The minimum atomic E-state index is 0.125. The Labute approximate surface area is 114 Å². The van der Waals surface area contributed by atoms with Gasteiger partial charge in [0.05, 0.1) is 0 Å². The zero-order valence-electron chi connectivity index (χ0n) is 11.3. The van der Waals surface area contributed by atoms with Crippen LogP contribution in [0.2, 0.25) is 0 Å². The number of anilines is 1. The Morgan fingerprint density at radius 1 is 1.26 bits per heavy atom. The first-order valence-electron chi connectivity index (χ1n) is 7.33. The van der Waals surface area contributed by atoms with Crippen LogP contribution in [-0.4, -0.2) is 23.4 Å². The van der Waals surface area contributed by atoms with Gasteiger partial charge in [-0.15, -0.1) is 0 Å². The summed E-state index contributed by atoms with van der Waals surface area (Å²) in [6.07, 6.45) is 9.83. The van der Waals surface area contributed by atoms with E-state index in [0.29, 0.717) is 6.04 Å². The van der Waals surface area contributed by atoms with Crippen LogP contribution in [0, 0.1) is 11.3 Å². The molecule has 1 saturated carbocycles. The number of nitrogens with two attached hydrogens (primary N) is 1. The van der Waals surface area contributed by atoms with Crippen molar-refractivity contribution in [3.05, 3.63) is 23.9 Å². The Morgan fingerprint density at radius 3 is 2.79 bits per heavy atom. The predicted molar refractivity (Wildman–Crippen MR) is 77.6 cm³/mol. The van der Waals surface area contributed by atoms with Gasteiger partial charge in [-0.05, 0) is 43.7 Å². The SMILES string of the molecule is N=C(N)c1ccnc(N2CCCC2C2CCCC2)c1. The van der Waals surface area contributed by atoms with Gasteiger partial charge < -0.3 is 10.6 Å². The third kappa shape index (κ3) is 2.44. The summed E-state index contributed by atoms with van der Waals surface area (Å²) in [5.41, 5.74) is 6.35. The number of pyridine rings is 1. The lowest BCUT2D eigenvalue weighted by molar-refractivity contribution is 0.429. The maximum atomic E-state index is 7.55. The van der Waals surface area contributed by atoms with Gasteiger partial charge in [-0.3, -0.25) is 5.41 Å². The van der Waals surface area contributed by atoms with Crippen molar-refractivity contribution in [3.8, 4) is 0 Å². The van der Waals surface area contributed by atoms with Crippen LogP contribution < -0.4 is 10.6 Å². The average molecular weight is 258 g/mol. The number of hydrogen-bond donors (Lipinski definition) is 2. The number of rotatable bonds is 3. The van der Waals surface area contributed by atoms with Crippen LogP contribution in [0.5, 0.6) is 0 Å². The fraction of sp³-hybridized carbons (Fsp3) is 0.600. The van der Waals surface area contributed by atoms with Crippen LogP contribution in [0.3, 0.4) is 0 Å². The van der Waals surface area contributed by atoms with E-state index in [2.05, 4.69) is 9.88 Å². The normalized spacial score (nSPS) is 24.0. The molecule has 2 fully saturated rings. The molecular weight excluding hydrogens is 236 g/mol. The van der Waals surface area contributed by atoms with Crippen molar-refractivity contribution in [2.24, 2.45) is 11.7 Å². The Kier molecular flexibility index (Phi) is 3.40. The molecule has 0 spiro atoms. The molecule has 1 unspecified atom stereocenters. The first kappa shape index (κ1) is 12.5. The summed E-state index contributed by atoms with van der Waals surface area (Å²) in [6, 6.07) is 4.43. The van der Waals surface area contributed by atoms with Gasteiger partial charge in [-0.1, -0.05) is 12.8 Å². The molecular formula is C15H22N4. The Morgan fingerprint density at radius 2 is 2.05 bits per heavy atom. The molecule has 102 valence electrons. The number of hydrogen-bond acceptors (Lipinski definition) is 3. The van der Waals surface area contributed by atoms with E-state index in [0.717, 1.165) is 23.8 Å². The van der Waals surface area contributed by atoms with E-state index in [1.165, 1.54) is 38.5 Å². The number of aromatic nitrogens is 1. The monoisotopic (exact) mass is 258 g/mol. The van der Waals surface area contributed by atoms with Crippen LogP contribution in [-0.2, 0) is 0 Å². The Balaban J connectivity index is 1.83. The molecule has 1 aliphatic carbocycles. The molecule has 0 amide bonds. The smallest absolute Gasteiger partial charge is 0.129 e. The van der Waals surface area contributed by atoms with Crippen LogP contribution in [0.4, 0.5) is 5.82 Å². The van der Waals surface area contributed by atoms with Crippen molar-refractivity contribution in [2.75, 3.05) is 11.4 Å². The van der Waals surface area contributed by atoms with E-state index in [1.807, 2.05) is 12.1 Å². The van der Waals surface area contributed by atoms with Gasteiger partial charge in [-0.25, -0.2) is 4.98 Å². The maximum absolute atomic E-state index is 7.55. The van der Waals surface area contributed by atoms with Crippen LogP contribution >= 0.6 is 0 Å². The largest absolute Gasteiger partial charge is 0.384 e. The van der Waals surface area contributed by atoms with Crippen LogP contribution in [0.1, 0.15) is 44.1 Å². The van der Waals surface area contributed by atoms with E-state index in [9.17, 15) is 0 Å². The van der Waals surface area contributed by atoms with Crippen molar-refractivity contribution in [1.82, 2.24) is 4.98 Å². The van der Waals surface area contributed by atoms with E-state index < -0.39 is 0 Å². The van der Waals surface area contributed by atoms with Gasteiger partial charge in [0.25, 0.3) is 0 Å². The summed E-state index contributed by atoms with van der Waals surface area (Å²) >= 11 is 0. The molecule has 0 radical (unpaired) electrons. The highest BCUT2D eigenvalue weighted by molar-refractivity contribution is 5.95. The molecule has 4 heteroatoms. The van der Waals surface area contributed by atoms with E-state index >= 15 is 0 Å². The Bertz CT molecular complexity index is 465. The summed E-state index contributed by atoms with van der Waals surface area (Å²) in [6.45, 7) is 1.09. The molecule has 4 nitrogen and oxygen atoms in total. The van der Waals surface area contributed by atoms with E-state index in [1.54, 1.807) is 6.20 Å². The van der Waals surface area contributed by atoms with Crippen molar-refractivity contribution in [3.63, 3.8) is 0 Å². The second-order valence-corrected chi connectivity index (χ2v) is 5.76. The Hall–Kier alpha value is -1.58. The number of nitrogens with one attached hydrogen (secondary N) is 1. The lowest BCUT2D eigenvalue weighted by Gasteiger charge is -2.30. The topological polar surface area (TPSA) is 66.0 Å². The summed E-state index contributed by atoms with van der Waals surface area (Å²) in [5.74, 6) is 1.97. The fourth-order valence-electron chi connectivity index (χ4n) is 3.65. The number of amidine groups is 1. The molecule has 1 aromatic rings. The third-order valence-corrected chi connectivity index (χ3v) is 4.59. The van der Waals surface area contributed by atoms with Crippen molar-refractivity contribution in [1.29, 1.82) is 5.41 Å². The van der Waals surface area contributed by atoms with Gasteiger partial charge in [0, 0.05) is 24.3 Å². The first-order chi connectivity index (χ1) is 9.25. The maximum Gasteiger partial charge on any atom is 0.129 e. The van der Waals surface area contributed by atoms with Crippen molar-refractivity contribution >= 4 is 11.7 Å². The summed E-state index contributed by atoms with van der Waals surface area (Å²) in [7, 11) is 0. The molecule has 0 bridgehead atoms. The average Bonchev–Trinajstić information content (AvgIpc) is 3.09. The van der Waals surface area contributed by atoms with Crippen LogP contribution in [0.15, 0.2) is 18.3 Å². The summed E-state index contributed by atoms with van der Waals surface area (Å²) < 4.78 is 0. The fourth-order valence-corrected chi connectivity index (χ4v) is 3.65. The minimum Gasteiger partial charge on any atom is -0.384 e. The lowest BCUT2D eigenvalue weighted by Crippen LogP contribution is -2.35. The molecule has 3 rings (SSSR count). The molecule has 1 atom stereocenters. The van der Waals surface area contributed by atoms with Gasteiger partial charge in [-0.2, -0.15) is 0 Å². The molecule has 1 saturated heterocycles. The lowest BCUT2D eigenvalue weighted by atomic mass is 9.96. The highest BCUT2D eigenvalue weighted by Gasteiger charge is 2.33. The highest BCUT2D eigenvalue weighted by atomic mass is 15.2. The highest BCUT2D eigenvalue weighted by Crippen LogP contribution is 2.37. The molecule has 2 heterocycles. The number of nitrogen functional groups attached to an aromatic ring is 1.